The molecule has 3 atom stereocenters. The van der Waals surface area contributed by atoms with E-state index >= 15 is 0 Å². The Bertz CT molecular complexity index is 658. The number of nitrogens with zero attached hydrogens (tertiary/aromatic N) is 2. The van der Waals surface area contributed by atoms with Crippen LogP contribution in [0.3, 0.4) is 0 Å². The van der Waals surface area contributed by atoms with Crippen LogP contribution in [0.25, 0.3) is 0 Å². The van der Waals surface area contributed by atoms with Gasteiger partial charge in [0, 0.05) is 45.2 Å². The summed E-state index contributed by atoms with van der Waals surface area (Å²) in [7, 11) is 1.57. The first kappa shape index (κ1) is 19.6. The molecule has 2 amide bonds. The van der Waals surface area contributed by atoms with E-state index in [9.17, 15) is 14.7 Å². The van der Waals surface area contributed by atoms with Gasteiger partial charge in [0.2, 0.25) is 5.91 Å². The fourth-order valence-electron chi connectivity index (χ4n) is 3.47. The molecule has 2 heterocycles. The number of aliphatic hydroxyl groups excluding tert-OH is 1. The van der Waals surface area contributed by atoms with E-state index in [1.165, 1.54) is 0 Å². The maximum Gasteiger partial charge on any atom is 0.251 e. The van der Waals surface area contributed by atoms with Crippen molar-refractivity contribution < 1.29 is 24.2 Å². The van der Waals surface area contributed by atoms with Crippen molar-refractivity contribution in [3.63, 3.8) is 0 Å². The van der Waals surface area contributed by atoms with E-state index in [0.717, 1.165) is 13.1 Å². The standard InChI is InChI=1S/C19H27N3O5/c1-13(23)22-9-7-21(8-10-22)11-17-18(24)16(12-27-17)20-19(25)14-3-5-15(26-2)6-4-14/h3-6,16-18,24H,7-12H2,1-2H3,(H,20,25). The Balaban J connectivity index is 1.48. The first-order chi connectivity index (χ1) is 13.0. The summed E-state index contributed by atoms with van der Waals surface area (Å²) >= 11 is 0. The molecule has 3 rings (SSSR count). The van der Waals surface area contributed by atoms with Crippen molar-refractivity contribution in [3.05, 3.63) is 29.8 Å². The maximum absolute atomic E-state index is 12.4. The highest BCUT2D eigenvalue weighted by atomic mass is 16.5. The summed E-state index contributed by atoms with van der Waals surface area (Å²) in [5.74, 6) is 0.523. The summed E-state index contributed by atoms with van der Waals surface area (Å²) in [6, 6.07) is 6.37. The number of aliphatic hydroxyl groups is 1. The Kier molecular flexibility index (Phi) is 6.30. The molecule has 148 valence electrons. The van der Waals surface area contributed by atoms with Crippen molar-refractivity contribution in [3.8, 4) is 5.75 Å². The second-order valence-electron chi connectivity index (χ2n) is 6.98. The minimum absolute atomic E-state index is 0.0908. The summed E-state index contributed by atoms with van der Waals surface area (Å²) in [5, 5.41) is 13.4. The topological polar surface area (TPSA) is 91.3 Å². The van der Waals surface area contributed by atoms with Gasteiger partial charge in [-0.2, -0.15) is 0 Å². The number of carbonyl (C=O) groups is 2. The van der Waals surface area contributed by atoms with Crippen LogP contribution in [-0.4, -0.2) is 91.4 Å². The van der Waals surface area contributed by atoms with Gasteiger partial charge in [-0.05, 0) is 24.3 Å². The molecule has 2 N–H and O–H groups in total. The number of benzene rings is 1. The van der Waals surface area contributed by atoms with Crippen LogP contribution in [0.15, 0.2) is 24.3 Å². The molecule has 1 aromatic rings. The normalized spacial score (nSPS) is 26.0. The van der Waals surface area contributed by atoms with Crippen LogP contribution in [0, 0.1) is 0 Å². The minimum Gasteiger partial charge on any atom is -0.497 e. The zero-order valence-corrected chi connectivity index (χ0v) is 15.8. The molecule has 0 saturated carbocycles. The van der Waals surface area contributed by atoms with Gasteiger partial charge in [0.05, 0.1) is 25.9 Å². The number of hydrogen-bond donors (Lipinski definition) is 2. The third kappa shape index (κ3) is 4.77. The van der Waals surface area contributed by atoms with Gasteiger partial charge >= 0.3 is 0 Å². The Labute approximate surface area is 159 Å². The molecule has 2 saturated heterocycles. The number of nitrogens with one attached hydrogen (secondary N) is 1. The van der Waals surface area contributed by atoms with Gasteiger partial charge in [0.1, 0.15) is 11.9 Å². The molecule has 2 aliphatic heterocycles. The average molecular weight is 377 g/mol. The largest absolute Gasteiger partial charge is 0.497 e. The van der Waals surface area contributed by atoms with Crippen LogP contribution >= 0.6 is 0 Å². The molecule has 1 aromatic carbocycles. The number of hydrogen-bond acceptors (Lipinski definition) is 6. The highest BCUT2D eigenvalue weighted by Crippen LogP contribution is 2.18. The number of methoxy groups -OCH3 is 1. The van der Waals surface area contributed by atoms with Gasteiger partial charge in [-0.25, -0.2) is 0 Å². The van der Waals surface area contributed by atoms with Crippen LogP contribution in [0.5, 0.6) is 5.75 Å². The highest BCUT2D eigenvalue weighted by molar-refractivity contribution is 5.94. The zero-order valence-electron chi connectivity index (χ0n) is 15.8. The monoisotopic (exact) mass is 377 g/mol. The number of piperazine rings is 1. The molecule has 2 fully saturated rings. The van der Waals surface area contributed by atoms with Crippen LogP contribution in [0.1, 0.15) is 17.3 Å². The lowest BCUT2D eigenvalue weighted by Gasteiger charge is -2.35. The van der Waals surface area contributed by atoms with Gasteiger partial charge in [0.15, 0.2) is 0 Å². The van der Waals surface area contributed by atoms with E-state index in [4.69, 9.17) is 9.47 Å². The molecule has 0 aromatic heterocycles. The summed E-state index contributed by atoms with van der Waals surface area (Å²) in [5.41, 5.74) is 0.506. The lowest BCUT2D eigenvalue weighted by Crippen LogP contribution is -2.52. The second kappa shape index (κ2) is 8.69. The fraction of sp³-hybridized carbons (Fsp3) is 0.579. The Morgan fingerprint density at radius 3 is 2.48 bits per heavy atom. The van der Waals surface area contributed by atoms with Gasteiger partial charge in [-0.3, -0.25) is 14.5 Å². The van der Waals surface area contributed by atoms with E-state index in [0.29, 0.717) is 30.9 Å². The van der Waals surface area contributed by atoms with Crippen LogP contribution in [0.4, 0.5) is 0 Å². The summed E-state index contributed by atoms with van der Waals surface area (Å²) in [6.07, 6.45) is -1.12. The molecule has 2 aliphatic rings. The van der Waals surface area contributed by atoms with E-state index in [1.807, 2.05) is 4.90 Å². The molecule has 8 nitrogen and oxygen atoms in total. The van der Waals surface area contributed by atoms with Crippen molar-refractivity contribution in [1.82, 2.24) is 15.1 Å². The number of carbonyl (C=O) groups excluding carboxylic acids is 2. The lowest BCUT2D eigenvalue weighted by atomic mass is 10.1. The number of ether oxygens (including phenoxy) is 2. The summed E-state index contributed by atoms with van der Waals surface area (Å²) < 4.78 is 10.8. The number of amides is 2. The number of rotatable bonds is 5. The van der Waals surface area contributed by atoms with Crippen molar-refractivity contribution in [2.75, 3.05) is 46.4 Å². The van der Waals surface area contributed by atoms with Crippen LogP contribution < -0.4 is 10.1 Å². The second-order valence-corrected chi connectivity index (χ2v) is 6.98. The molecular formula is C19H27N3O5. The maximum atomic E-state index is 12.4. The molecule has 3 unspecified atom stereocenters. The van der Waals surface area contributed by atoms with Gasteiger partial charge in [0.25, 0.3) is 5.91 Å². The summed E-state index contributed by atoms with van der Waals surface area (Å²) in [4.78, 5) is 27.8. The van der Waals surface area contributed by atoms with Crippen molar-refractivity contribution in [1.29, 1.82) is 0 Å². The SMILES string of the molecule is COc1ccc(C(=O)NC2COC(CN3CCN(C(C)=O)CC3)C2O)cc1. The Morgan fingerprint density at radius 2 is 1.89 bits per heavy atom. The smallest absolute Gasteiger partial charge is 0.251 e. The lowest BCUT2D eigenvalue weighted by molar-refractivity contribution is -0.130. The third-order valence-corrected chi connectivity index (χ3v) is 5.21. The van der Waals surface area contributed by atoms with Crippen LogP contribution in [-0.2, 0) is 9.53 Å². The third-order valence-electron chi connectivity index (χ3n) is 5.21. The van der Waals surface area contributed by atoms with Gasteiger partial charge < -0.3 is 24.8 Å². The molecule has 0 bridgehead atoms. The minimum atomic E-state index is -0.766. The molecule has 0 aliphatic carbocycles. The summed E-state index contributed by atoms with van der Waals surface area (Å²) in [6.45, 7) is 5.34. The quantitative estimate of drug-likeness (QED) is 0.733. The Morgan fingerprint density at radius 1 is 1.22 bits per heavy atom. The van der Waals surface area contributed by atoms with Crippen LogP contribution in [0.2, 0.25) is 0 Å². The van der Waals surface area contributed by atoms with E-state index in [1.54, 1.807) is 38.3 Å². The Hall–Kier alpha value is -2.16. The highest BCUT2D eigenvalue weighted by Gasteiger charge is 2.38. The first-order valence-corrected chi connectivity index (χ1v) is 9.20. The van der Waals surface area contributed by atoms with Crippen molar-refractivity contribution >= 4 is 11.8 Å². The van der Waals surface area contributed by atoms with E-state index < -0.39 is 12.1 Å². The molecule has 27 heavy (non-hydrogen) atoms. The van der Waals surface area contributed by atoms with E-state index in [-0.39, 0.29) is 24.5 Å². The predicted molar refractivity (Wildman–Crippen MR) is 98.7 cm³/mol. The molecule has 0 radical (unpaired) electrons. The van der Waals surface area contributed by atoms with Crippen molar-refractivity contribution in [2.45, 2.75) is 25.2 Å². The fourth-order valence-corrected chi connectivity index (χ4v) is 3.47. The van der Waals surface area contributed by atoms with E-state index in [2.05, 4.69) is 10.2 Å². The zero-order chi connectivity index (χ0) is 19.4. The molecular weight excluding hydrogens is 350 g/mol. The first-order valence-electron chi connectivity index (χ1n) is 9.20. The average Bonchev–Trinajstić information content (AvgIpc) is 3.02. The predicted octanol–water partition coefficient (Wildman–Crippen LogP) is -0.283. The van der Waals surface area contributed by atoms with Gasteiger partial charge in [-0.15, -0.1) is 0 Å². The van der Waals surface area contributed by atoms with Crippen molar-refractivity contribution in [2.24, 2.45) is 0 Å². The van der Waals surface area contributed by atoms with Gasteiger partial charge in [-0.1, -0.05) is 0 Å². The molecule has 0 spiro atoms. The molecule has 8 heteroatoms.